The van der Waals surface area contributed by atoms with Gasteiger partial charge in [0.05, 0.1) is 5.56 Å². The molecule has 136 valence electrons. The highest BCUT2D eigenvalue weighted by atomic mass is 32.1. The van der Waals surface area contributed by atoms with Crippen molar-refractivity contribution < 1.29 is 9.15 Å². The van der Waals surface area contributed by atoms with Gasteiger partial charge in [-0.1, -0.05) is 30.3 Å². The van der Waals surface area contributed by atoms with Gasteiger partial charge in [-0.25, -0.2) is 9.47 Å². The van der Waals surface area contributed by atoms with Crippen molar-refractivity contribution in [3.63, 3.8) is 0 Å². The Morgan fingerprint density at radius 1 is 1.26 bits per heavy atom. The van der Waals surface area contributed by atoms with Crippen LogP contribution in [0.2, 0.25) is 0 Å². The second-order valence-electron chi connectivity index (χ2n) is 6.02. The first-order chi connectivity index (χ1) is 13.0. The number of aryl methyl sites for hydroxylation is 1. The van der Waals surface area contributed by atoms with Crippen molar-refractivity contribution >= 4 is 23.2 Å². The first kappa shape index (κ1) is 17.0. The van der Waals surface area contributed by atoms with Gasteiger partial charge < -0.3 is 15.0 Å². The number of aromatic nitrogens is 3. The predicted molar refractivity (Wildman–Crippen MR) is 105 cm³/mol. The van der Waals surface area contributed by atoms with Gasteiger partial charge in [-0.3, -0.25) is 5.10 Å². The Labute approximate surface area is 159 Å². The number of rotatable bonds is 4. The molecule has 8 heteroatoms. The van der Waals surface area contributed by atoms with Gasteiger partial charge >= 0.3 is 5.63 Å². The molecule has 27 heavy (non-hydrogen) atoms. The van der Waals surface area contributed by atoms with Gasteiger partial charge in [0.25, 0.3) is 0 Å². The van der Waals surface area contributed by atoms with Gasteiger partial charge in [0.1, 0.15) is 17.9 Å². The van der Waals surface area contributed by atoms with E-state index in [-0.39, 0.29) is 12.2 Å². The average molecular weight is 380 g/mol. The van der Waals surface area contributed by atoms with E-state index in [1.165, 1.54) is 4.68 Å². The number of H-pyrrole nitrogens is 1. The van der Waals surface area contributed by atoms with Crippen LogP contribution < -0.4 is 16.2 Å². The summed E-state index contributed by atoms with van der Waals surface area (Å²) in [6.45, 7) is 2.04. The lowest BCUT2D eigenvalue weighted by Gasteiger charge is -2.10. The number of ether oxygens (including phenoxy) is 1. The molecule has 2 aromatic carbocycles. The molecular weight excluding hydrogens is 364 g/mol. The van der Waals surface area contributed by atoms with E-state index in [0.29, 0.717) is 27.5 Å². The van der Waals surface area contributed by atoms with Crippen molar-refractivity contribution in [1.82, 2.24) is 14.9 Å². The summed E-state index contributed by atoms with van der Waals surface area (Å²) >= 11 is 4.96. The number of hydrogen-bond donors (Lipinski definition) is 2. The minimum absolute atomic E-state index is 0.125. The maximum Gasteiger partial charge on any atom is 0.344 e. The molecule has 4 aromatic rings. The summed E-state index contributed by atoms with van der Waals surface area (Å²) < 4.78 is 12.8. The number of benzene rings is 2. The van der Waals surface area contributed by atoms with Crippen LogP contribution in [-0.4, -0.2) is 14.9 Å². The van der Waals surface area contributed by atoms with Crippen LogP contribution in [0.1, 0.15) is 11.4 Å². The van der Waals surface area contributed by atoms with Crippen LogP contribution in [0.4, 0.5) is 0 Å². The topological polar surface area (TPSA) is 99.1 Å². The van der Waals surface area contributed by atoms with Crippen LogP contribution in [0.25, 0.3) is 22.1 Å². The predicted octanol–water partition coefficient (Wildman–Crippen LogP) is 3.32. The van der Waals surface area contributed by atoms with Gasteiger partial charge in [-0.05, 0) is 42.4 Å². The number of nitrogens with two attached hydrogens (primary N) is 1. The van der Waals surface area contributed by atoms with Gasteiger partial charge in [-0.15, -0.1) is 0 Å². The number of nitrogens with zero attached hydrogens (tertiary/aromatic N) is 2. The van der Waals surface area contributed by atoms with Crippen LogP contribution in [-0.2, 0) is 6.61 Å². The van der Waals surface area contributed by atoms with Crippen LogP contribution >= 0.6 is 12.2 Å². The lowest BCUT2D eigenvalue weighted by molar-refractivity contribution is 0.292. The van der Waals surface area contributed by atoms with Crippen molar-refractivity contribution in [2.24, 2.45) is 0 Å². The Morgan fingerprint density at radius 2 is 2.04 bits per heavy atom. The molecule has 2 heterocycles. The van der Waals surface area contributed by atoms with E-state index in [1.807, 2.05) is 49.4 Å². The summed E-state index contributed by atoms with van der Waals surface area (Å²) in [5.41, 5.74) is 2.33. The highest BCUT2D eigenvalue weighted by Crippen LogP contribution is 2.29. The van der Waals surface area contributed by atoms with E-state index in [4.69, 9.17) is 27.2 Å². The average Bonchev–Trinajstić information content (AvgIpc) is 2.99. The molecule has 0 bridgehead atoms. The van der Waals surface area contributed by atoms with Gasteiger partial charge in [0, 0.05) is 11.5 Å². The third-order valence-corrected chi connectivity index (χ3v) is 4.63. The highest BCUT2D eigenvalue weighted by molar-refractivity contribution is 7.71. The summed E-state index contributed by atoms with van der Waals surface area (Å²) in [6.07, 6.45) is 0. The molecule has 0 atom stereocenters. The molecule has 0 saturated heterocycles. The van der Waals surface area contributed by atoms with E-state index in [1.54, 1.807) is 6.07 Å². The molecule has 0 aliphatic carbocycles. The zero-order valence-electron chi connectivity index (χ0n) is 14.4. The third kappa shape index (κ3) is 3.11. The highest BCUT2D eigenvalue weighted by Gasteiger charge is 2.14. The standard InChI is InChI=1S/C19H16N4O3S/c1-11-14-8-7-13(25-10-16-21-22-19(27)23(16)20)9-15(14)26-18(24)17(11)12-5-3-2-4-6-12/h2-9H,10,20H2,1H3,(H,22,27). The van der Waals surface area contributed by atoms with Crippen molar-refractivity contribution in [2.45, 2.75) is 13.5 Å². The Morgan fingerprint density at radius 3 is 2.74 bits per heavy atom. The van der Waals surface area contributed by atoms with E-state index >= 15 is 0 Å². The van der Waals surface area contributed by atoms with Crippen molar-refractivity contribution in [2.75, 3.05) is 5.84 Å². The third-order valence-electron chi connectivity index (χ3n) is 4.35. The van der Waals surface area contributed by atoms with Crippen molar-refractivity contribution in [3.05, 3.63) is 75.1 Å². The van der Waals surface area contributed by atoms with Crippen molar-refractivity contribution in [3.8, 4) is 16.9 Å². The van der Waals surface area contributed by atoms with E-state index in [0.717, 1.165) is 16.5 Å². The lowest BCUT2D eigenvalue weighted by atomic mass is 10.00. The molecule has 0 radical (unpaired) electrons. The fourth-order valence-corrected chi connectivity index (χ4v) is 3.10. The molecule has 0 saturated carbocycles. The summed E-state index contributed by atoms with van der Waals surface area (Å²) in [7, 11) is 0. The Bertz CT molecular complexity index is 1240. The number of aromatic amines is 1. The number of nitrogens with one attached hydrogen (secondary N) is 1. The summed E-state index contributed by atoms with van der Waals surface area (Å²) in [5.74, 6) is 6.74. The quantitative estimate of drug-likeness (QED) is 0.320. The normalized spacial score (nSPS) is 11.0. The summed E-state index contributed by atoms with van der Waals surface area (Å²) in [5, 5.41) is 7.43. The minimum Gasteiger partial charge on any atom is -0.485 e. The van der Waals surface area contributed by atoms with Crippen LogP contribution in [0.15, 0.2) is 57.7 Å². The first-order valence-electron chi connectivity index (χ1n) is 8.21. The van der Waals surface area contributed by atoms with E-state index in [2.05, 4.69) is 10.2 Å². The molecule has 0 spiro atoms. The second kappa shape index (κ2) is 6.73. The SMILES string of the molecule is Cc1c(-c2ccccc2)c(=O)oc2cc(OCc3n[nH]c(=S)n3N)ccc12. The summed E-state index contributed by atoms with van der Waals surface area (Å²) in [4.78, 5) is 12.5. The first-order valence-corrected chi connectivity index (χ1v) is 8.62. The molecule has 3 N–H and O–H groups in total. The number of fused-ring (bicyclic) bond motifs is 1. The lowest BCUT2D eigenvalue weighted by Crippen LogP contribution is -2.14. The van der Waals surface area contributed by atoms with Crippen molar-refractivity contribution in [1.29, 1.82) is 0 Å². The molecule has 7 nitrogen and oxygen atoms in total. The zero-order chi connectivity index (χ0) is 19.0. The Balaban J connectivity index is 1.70. The minimum atomic E-state index is -0.383. The number of nitrogen functional groups attached to an aromatic ring is 1. The monoisotopic (exact) mass is 380 g/mol. The fourth-order valence-electron chi connectivity index (χ4n) is 2.95. The fraction of sp³-hybridized carbons (Fsp3) is 0.105. The molecule has 2 aromatic heterocycles. The van der Waals surface area contributed by atoms with Crippen LogP contribution in [0, 0.1) is 11.7 Å². The van der Waals surface area contributed by atoms with Gasteiger partial charge in [0.2, 0.25) is 4.77 Å². The molecule has 4 rings (SSSR count). The molecule has 0 fully saturated rings. The molecule has 0 aliphatic heterocycles. The number of hydrogen-bond acceptors (Lipinski definition) is 6. The molecule has 0 aliphatic rings. The molecule has 0 amide bonds. The second-order valence-corrected chi connectivity index (χ2v) is 6.40. The Hall–Kier alpha value is -3.39. The molecular formula is C19H16N4O3S. The van der Waals surface area contributed by atoms with Gasteiger partial charge in [0.15, 0.2) is 5.82 Å². The van der Waals surface area contributed by atoms with Crippen LogP contribution in [0.3, 0.4) is 0 Å². The maximum absolute atomic E-state index is 12.5. The van der Waals surface area contributed by atoms with Gasteiger partial charge in [-0.2, -0.15) is 5.10 Å². The molecule has 0 unspecified atom stereocenters. The van der Waals surface area contributed by atoms with Crippen LogP contribution in [0.5, 0.6) is 5.75 Å². The van der Waals surface area contributed by atoms with E-state index < -0.39 is 0 Å². The summed E-state index contributed by atoms with van der Waals surface area (Å²) in [6, 6.07) is 14.8. The van der Waals surface area contributed by atoms with E-state index in [9.17, 15) is 4.79 Å². The smallest absolute Gasteiger partial charge is 0.344 e. The largest absolute Gasteiger partial charge is 0.485 e. The zero-order valence-corrected chi connectivity index (χ0v) is 15.2. The maximum atomic E-state index is 12.5. The Kier molecular flexibility index (Phi) is 4.25.